The molecule has 0 saturated carbocycles. The lowest BCUT2D eigenvalue weighted by Gasteiger charge is -2.27. The lowest BCUT2D eigenvalue weighted by atomic mass is 10.1. The first-order valence-electron chi connectivity index (χ1n) is 8.20. The normalized spacial score (nSPS) is 15.3. The Balaban J connectivity index is 1.79. The van der Waals surface area contributed by atoms with Gasteiger partial charge in [0.05, 0.1) is 12.0 Å². The van der Waals surface area contributed by atoms with Gasteiger partial charge in [-0.05, 0) is 30.4 Å². The van der Waals surface area contributed by atoms with Crippen LogP contribution in [0.2, 0.25) is 0 Å². The average molecular weight is 414 g/mol. The van der Waals surface area contributed by atoms with Gasteiger partial charge in [-0.25, -0.2) is 0 Å². The zero-order valence-electron chi connectivity index (χ0n) is 14.5. The quantitative estimate of drug-likeness (QED) is 0.380. The van der Waals surface area contributed by atoms with Crippen LogP contribution in [0.3, 0.4) is 0 Å². The van der Waals surface area contributed by atoms with Gasteiger partial charge in [0.2, 0.25) is 0 Å². The molecule has 1 atom stereocenters. The molecule has 28 heavy (non-hydrogen) atoms. The fraction of sp³-hybridized carbons (Fsp3) is 0.111. The van der Waals surface area contributed by atoms with E-state index in [1.807, 2.05) is 30.3 Å². The van der Waals surface area contributed by atoms with Gasteiger partial charge in [-0.2, -0.15) is 0 Å². The fourth-order valence-corrected chi connectivity index (χ4v) is 4.34. The van der Waals surface area contributed by atoms with Gasteiger partial charge in [0.1, 0.15) is 16.9 Å². The van der Waals surface area contributed by atoms with E-state index in [-0.39, 0.29) is 17.3 Å². The van der Waals surface area contributed by atoms with Crippen molar-refractivity contribution in [3.63, 3.8) is 0 Å². The number of carbonyl (C=O) groups is 1. The van der Waals surface area contributed by atoms with E-state index in [0.717, 1.165) is 5.69 Å². The van der Waals surface area contributed by atoms with Crippen LogP contribution < -0.4 is 15.4 Å². The molecular formula is C18H14N4O4S2. The van der Waals surface area contributed by atoms with Gasteiger partial charge in [-0.1, -0.05) is 35.6 Å². The number of methoxy groups -OCH3 is 1. The van der Waals surface area contributed by atoms with Crippen molar-refractivity contribution >= 4 is 41.0 Å². The number of rotatable bonds is 4. The number of thiazole rings is 1. The minimum atomic E-state index is -0.649. The lowest BCUT2D eigenvalue weighted by Crippen LogP contribution is -2.38. The summed E-state index contributed by atoms with van der Waals surface area (Å²) >= 11 is 6.66. The van der Waals surface area contributed by atoms with E-state index in [1.54, 1.807) is 10.6 Å². The number of carbonyl (C=O) groups excluding carboxylic acids is 1. The molecule has 4 rings (SSSR count). The zero-order chi connectivity index (χ0) is 19.8. The minimum absolute atomic E-state index is 0.152. The summed E-state index contributed by atoms with van der Waals surface area (Å²) in [5.74, 6) is 0.427. The Morgan fingerprint density at radius 3 is 2.64 bits per heavy atom. The van der Waals surface area contributed by atoms with E-state index in [9.17, 15) is 14.9 Å². The van der Waals surface area contributed by atoms with Gasteiger partial charge in [0, 0.05) is 17.3 Å². The molecule has 1 amide bonds. The number of anilines is 1. The maximum absolute atomic E-state index is 12.6. The zero-order valence-corrected chi connectivity index (χ0v) is 16.2. The molecule has 0 fully saturated rings. The van der Waals surface area contributed by atoms with Crippen molar-refractivity contribution in [1.82, 2.24) is 9.88 Å². The SMILES string of the molecule is COc1ccc([C@@H]2NC(=O)c3sc(=S)n(-c4ccccc4)c3N2)cc1[N+](=O)[O-]. The summed E-state index contributed by atoms with van der Waals surface area (Å²) in [6, 6.07) is 14.0. The number of nitrogens with zero attached hydrogens (tertiary/aromatic N) is 2. The van der Waals surface area contributed by atoms with E-state index in [4.69, 9.17) is 17.0 Å². The molecule has 1 aromatic heterocycles. The summed E-state index contributed by atoms with van der Waals surface area (Å²) in [7, 11) is 1.37. The average Bonchev–Trinajstić information content (AvgIpc) is 3.04. The second-order valence-electron chi connectivity index (χ2n) is 5.96. The molecule has 0 bridgehead atoms. The summed E-state index contributed by atoms with van der Waals surface area (Å²) in [6.45, 7) is 0. The third-order valence-electron chi connectivity index (χ3n) is 4.32. The number of fused-ring (bicyclic) bond motifs is 1. The van der Waals surface area contributed by atoms with Gasteiger partial charge >= 0.3 is 5.69 Å². The molecule has 0 saturated heterocycles. The number of hydrogen-bond acceptors (Lipinski definition) is 7. The van der Waals surface area contributed by atoms with E-state index in [0.29, 0.717) is 20.2 Å². The topological polar surface area (TPSA) is 98.4 Å². The van der Waals surface area contributed by atoms with Gasteiger partial charge in [-0.15, -0.1) is 0 Å². The second-order valence-corrected chi connectivity index (χ2v) is 7.60. The molecule has 0 radical (unpaired) electrons. The number of ether oxygens (including phenoxy) is 1. The fourth-order valence-electron chi connectivity index (χ4n) is 3.04. The van der Waals surface area contributed by atoms with Crippen molar-refractivity contribution in [3.05, 3.63) is 73.0 Å². The van der Waals surface area contributed by atoms with Crippen molar-refractivity contribution in [2.75, 3.05) is 12.4 Å². The molecule has 142 valence electrons. The smallest absolute Gasteiger partial charge is 0.311 e. The summed E-state index contributed by atoms with van der Waals surface area (Å²) in [4.78, 5) is 23.9. The van der Waals surface area contributed by atoms with Crippen LogP contribution >= 0.6 is 23.6 Å². The summed E-state index contributed by atoms with van der Waals surface area (Å²) < 4.78 is 7.36. The molecule has 8 nitrogen and oxygen atoms in total. The first kappa shape index (κ1) is 18.1. The highest BCUT2D eigenvalue weighted by molar-refractivity contribution is 7.73. The Morgan fingerprint density at radius 1 is 1.21 bits per heavy atom. The third-order valence-corrected chi connectivity index (χ3v) is 5.69. The standard InChI is InChI=1S/C18H14N4O4S2/c1-26-13-8-7-10(9-12(13)22(24)25)15-19-16-14(17(23)20-15)28-18(27)21(16)11-5-3-2-4-6-11/h2-9,15,19H,1H3,(H,20,23)/t15-/m0/s1. The van der Waals surface area contributed by atoms with Crippen LogP contribution in [0.15, 0.2) is 48.5 Å². The molecule has 2 N–H and O–H groups in total. The summed E-state index contributed by atoms with van der Waals surface area (Å²) in [6.07, 6.45) is -0.649. The molecule has 2 aromatic carbocycles. The number of nitro groups is 1. The van der Waals surface area contributed by atoms with Crippen LogP contribution in [0.5, 0.6) is 5.75 Å². The Labute approximate surface area is 168 Å². The molecular weight excluding hydrogens is 400 g/mol. The first-order chi connectivity index (χ1) is 13.5. The maximum Gasteiger partial charge on any atom is 0.311 e. The Hall–Kier alpha value is -3.24. The highest BCUT2D eigenvalue weighted by Gasteiger charge is 2.31. The van der Waals surface area contributed by atoms with Crippen LogP contribution in [0.1, 0.15) is 21.4 Å². The third kappa shape index (κ3) is 3.02. The predicted octanol–water partition coefficient (Wildman–Crippen LogP) is 4.04. The van der Waals surface area contributed by atoms with E-state index in [2.05, 4.69) is 10.6 Å². The van der Waals surface area contributed by atoms with Crippen LogP contribution in [0.25, 0.3) is 5.69 Å². The maximum atomic E-state index is 12.6. The summed E-state index contributed by atoms with van der Waals surface area (Å²) in [5, 5.41) is 17.4. The van der Waals surface area contributed by atoms with Crippen LogP contribution in [0, 0.1) is 14.1 Å². The molecule has 3 aromatic rings. The van der Waals surface area contributed by atoms with Crippen molar-refractivity contribution in [3.8, 4) is 11.4 Å². The number of amides is 1. The largest absolute Gasteiger partial charge is 0.490 e. The predicted molar refractivity (Wildman–Crippen MR) is 108 cm³/mol. The van der Waals surface area contributed by atoms with Crippen molar-refractivity contribution < 1.29 is 14.5 Å². The van der Waals surface area contributed by atoms with E-state index in [1.165, 1.54) is 30.6 Å². The lowest BCUT2D eigenvalue weighted by molar-refractivity contribution is -0.385. The highest BCUT2D eigenvalue weighted by atomic mass is 32.1. The van der Waals surface area contributed by atoms with Crippen LogP contribution in [-0.4, -0.2) is 22.5 Å². The van der Waals surface area contributed by atoms with Crippen LogP contribution in [-0.2, 0) is 0 Å². The molecule has 0 spiro atoms. The van der Waals surface area contributed by atoms with E-state index >= 15 is 0 Å². The van der Waals surface area contributed by atoms with Crippen molar-refractivity contribution in [1.29, 1.82) is 0 Å². The number of benzene rings is 2. The van der Waals surface area contributed by atoms with Gasteiger partial charge < -0.3 is 15.4 Å². The van der Waals surface area contributed by atoms with Crippen molar-refractivity contribution in [2.45, 2.75) is 6.17 Å². The van der Waals surface area contributed by atoms with E-state index < -0.39 is 11.1 Å². The molecule has 0 unspecified atom stereocenters. The number of para-hydroxylation sites is 1. The number of nitrogens with one attached hydrogen (secondary N) is 2. The summed E-state index contributed by atoms with van der Waals surface area (Å²) in [5.41, 5.74) is 1.18. The Morgan fingerprint density at radius 2 is 1.96 bits per heavy atom. The second kappa shape index (κ2) is 7.06. The van der Waals surface area contributed by atoms with Gasteiger partial charge in [-0.3, -0.25) is 19.5 Å². The molecule has 10 heteroatoms. The molecule has 0 aliphatic carbocycles. The number of nitro benzene ring substituents is 1. The molecule has 1 aliphatic heterocycles. The minimum Gasteiger partial charge on any atom is -0.490 e. The molecule has 1 aliphatic rings. The Kier molecular flexibility index (Phi) is 4.57. The number of hydrogen-bond donors (Lipinski definition) is 2. The number of aromatic nitrogens is 1. The first-order valence-corrected chi connectivity index (χ1v) is 9.43. The van der Waals surface area contributed by atoms with Gasteiger partial charge in [0.15, 0.2) is 9.70 Å². The monoisotopic (exact) mass is 414 g/mol. The Bertz CT molecular complexity index is 1140. The van der Waals surface area contributed by atoms with Crippen LogP contribution in [0.4, 0.5) is 11.5 Å². The highest BCUT2D eigenvalue weighted by Crippen LogP contribution is 2.36. The molecule has 2 heterocycles. The van der Waals surface area contributed by atoms with Crippen molar-refractivity contribution in [2.24, 2.45) is 0 Å². The van der Waals surface area contributed by atoms with Gasteiger partial charge in [0.25, 0.3) is 5.91 Å².